The Morgan fingerprint density at radius 3 is 2.39 bits per heavy atom. The Balaban J connectivity index is 1.57. The first kappa shape index (κ1) is 23.9. The van der Waals surface area contributed by atoms with E-state index in [1.54, 1.807) is 25.4 Å². The Morgan fingerprint density at radius 2 is 1.76 bits per heavy atom. The maximum Gasteiger partial charge on any atom is 0.256 e. The van der Waals surface area contributed by atoms with Crippen LogP contribution in [0.15, 0.2) is 54.7 Å². The highest BCUT2D eigenvalue weighted by Crippen LogP contribution is 2.36. The molecule has 172 valence electrons. The Bertz CT molecular complexity index is 1130. The summed E-state index contributed by atoms with van der Waals surface area (Å²) in [5, 5.41) is 4.36. The monoisotopic (exact) mass is 501 g/mol. The van der Waals surface area contributed by atoms with Gasteiger partial charge in [-0.1, -0.05) is 71.6 Å². The van der Waals surface area contributed by atoms with Crippen molar-refractivity contribution in [2.24, 2.45) is 0 Å². The van der Waals surface area contributed by atoms with Crippen molar-refractivity contribution in [3.05, 3.63) is 92.2 Å². The number of halogens is 3. The molecule has 33 heavy (non-hydrogen) atoms. The number of hydrogen-bond acceptors (Lipinski definition) is 3. The molecular formula is C26H26Cl3N3O. The van der Waals surface area contributed by atoms with E-state index in [0.717, 1.165) is 11.1 Å². The molecule has 1 saturated carbocycles. The second kappa shape index (κ2) is 10.8. The Labute approximate surface area is 209 Å². The zero-order valence-corrected chi connectivity index (χ0v) is 20.7. The molecule has 0 saturated heterocycles. The third-order valence-electron chi connectivity index (χ3n) is 6.24. The van der Waals surface area contributed by atoms with E-state index >= 15 is 0 Å². The first-order valence-corrected chi connectivity index (χ1v) is 12.2. The van der Waals surface area contributed by atoms with Crippen LogP contribution < -0.4 is 5.32 Å². The summed E-state index contributed by atoms with van der Waals surface area (Å²) < 4.78 is 0. The molecule has 1 aromatic heterocycles. The quantitative estimate of drug-likeness (QED) is 0.330. The lowest BCUT2D eigenvalue weighted by atomic mass is 9.80. The fourth-order valence-electron chi connectivity index (χ4n) is 4.05. The predicted molar refractivity (Wildman–Crippen MR) is 137 cm³/mol. The number of nitrogens with one attached hydrogen (secondary N) is 1. The van der Waals surface area contributed by atoms with Gasteiger partial charge in [-0.15, -0.1) is 0 Å². The van der Waals surface area contributed by atoms with E-state index in [0.29, 0.717) is 46.7 Å². The number of rotatable bonds is 8. The molecule has 1 heterocycles. The van der Waals surface area contributed by atoms with Crippen LogP contribution in [-0.4, -0.2) is 29.4 Å². The second-order valence-electron chi connectivity index (χ2n) is 8.40. The van der Waals surface area contributed by atoms with Gasteiger partial charge in [0.05, 0.1) is 27.5 Å². The maximum absolute atomic E-state index is 13.6. The molecule has 1 aliphatic rings. The molecule has 0 atom stereocenters. The zero-order valence-electron chi connectivity index (χ0n) is 18.5. The van der Waals surface area contributed by atoms with Crippen LogP contribution in [0.5, 0.6) is 0 Å². The highest BCUT2D eigenvalue weighted by atomic mass is 35.5. The van der Waals surface area contributed by atoms with E-state index in [1.807, 2.05) is 17.0 Å². The van der Waals surface area contributed by atoms with Crippen LogP contribution in [0, 0.1) is 0 Å². The Hall–Kier alpha value is -2.27. The molecule has 1 aliphatic carbocycles. The fraction of sp³-hybridized carbons (Fsp3) is 0.308. The Kier molecular flexibility index (Phi) is 7.79. The molecule has 7 heteroatoms. The van der Waals surface area contributed by atoms with Gasteiger partial charge in [0.25, 0.3) is 5.91 Å². The summed E-state index contributed by atoms with van der Waals surface area (Å²) >= 11 is 18.4. The summed E-state index contributed by atoms with van der Waals surface area (Å²) in [6.07, 6.45) is 6.08. The van der Waals surface area contributed by atoms with Crippen molar-refractivity contribution in [1.29, 1.82) is 0 Å². The van der Waals surface area contributed by atoms with Gasteiger partial charge in [0.2, 0.25) is 0 Å². The number of nitrogens with zero attached hydrogens (tertiary/aromatic N) is 2. The number of carbonyl (C=O) groups is 1. The molecule has 1 amide bonds. The minimum Gasteiger partial charge on any atom is -0.386 e. The molecule has 1 N–H and O–H groups in total. The van der Waals surface area contributed by atoms with E-state index in [4.69, 9.17) is 34.8 Å². The molecular weight excluding hydrogens is 477 g/mol. The van der Waals surface area contributed by atoms with Crippen molar-refractivity contribution in [1.82, 2.24) is 9.88 Å². The molecule has 0 aliphatic heterocycles. The van der Waals surface area contributed by atoms with Gasteiger partial charge >= 0.3 is 0 Å². The van der Waals surface area contributed by atoms with Gasteiger partial charge in [-0.2, -0.15) is 0 Å². The SMILES string of the molecule is CNc1cnc(Cl)cc1C(=O)N(CCc1ccc(Cl)c(Cl)c1)Cc1ccc(C2CCC2)cc1. The van der Waals surface area contributed by atoms with E-state index in [1.165, 1.54) is 24.8 Å². The normalized spacial score (nSPS) is 13.5. The van der Waals surface area contributed by atoms with Gasteiger partial charge < -0.3 is 10.2 Å². The second-order valence-corrected chi connectivity index (χ2v) is 9.60. The van der Waals surface area contributed by atoms with Crippen LogP contribution in [0.3, 0.4) is 0 Å². The third-order valence-corrected chi connectivity index (χ3v) is 7.19. The van der Waals surface area contributed by atoms with Crippen LogP contribution in [-0.2, 0) is 13.0 Å². The standard InChI is InChI=1S/C26H26Cl3N3O/c1-30-24-15-31-25(29)14-21(24)26(33)32(12-11-17-7-10-22(27)23(28)13-17)16-18-5-8-20(9-6-18)19-3-2-4-19/h5-10,13-15,19,30H,2-4,11-12,16H2,1H3. The van der Waals surface area contributed by atoms with Gasteiger partial charge in [-0.25, -0.2) is 4.98 Å². The number of benzene rings is 2. The molecule has 0 bridgehead atoms. The summed E-state index contributed by atoms with van der Waals surface area (Å²) in [6, 6.07) is 15.8. The van der Waals surface area contributed by atoms with E-state index in [9.17, 15) is 4.79 Å². The van der Waals surface area contributed by atoms with Crippen molar-refractivity contribution >= 4 is 46.4 Å². The minimum absolute atomic E-state index is 0.105. The van der Waals surface area contributed by atoms with Gasteiger partial charge in [0.15, 0.2) is 0 Å². The molecule has 1 fully saturated rings. The maximum atomic E-state index is 13.6. The van der Waals surface area contributed by atoms with Crippen molar-refractivity contribution < 1.29 is 4.79 Å². The van der Waals surface area contributed by atoms with E-state index < -0.39 is 0 Å². The number of hydrogen-bond donors (Lipinski definition) is 1. The topological polar surface area (TPSA) is 45.2 Å². The largest absolute Gasteiger partial charge is 0.386 e. The fourth-order valence-corrected chi connectivity index (χ4v) is 4.52. The van der Waals surface area contributed by atoms with Crippen LogP contribution >= 0.6 is 34.8 Å². The molecule has 2 aromatic carbocycles. The molecule has 4 rings (SSSR count). The predicted octanol–water partition coefficient (Wildman–Crippen LogP) is 7.24. The van der Waals surface area contributed by atoms with E-state index in [2.05, 4.69) is 34.6 Å². The number of amides is 1. The summed E-state index contributed by atoms with van der Waals surface area (Å²) in [6.45, 7) is 1.01. The molecule has 4 nitrogen and oxygen atoms in total. The zero-order chi connectivity index (χ0) is 23.4. The molecule has 0 radical (unpaired) electrons. The number of carbonyl (C=O) groups excluding carboxylic acids is 1. The lowest BCUT2D eigenvalue weighted by Crippen LogP contribution is -2.33. The number of anilines is 1. The van der Waals surface area contributed by atoms with Crippen LogP contribution in [0.25, 0.3) is 0 Å². The summed E-state index contributed by atoms with van der Waals surface area (Å²) in [4.78, 5) is 19.5. The van der Waals surface area contributed by atoms with Crippen LogP contribution in [0.2, 0.25) is 15.2 Å². The number of pyridine rings is 1. The summed E-state index contributed by atoms with van der Waals surface area (Å²) in [7, 11) is 1.76. The van der Waals surface area contributed by atoms with Gasteiger partial charge in [-0.3, -0.25) is 4.79 Å². The minimum atomic E-state index is -0.105. The van der Waals surface area contributed by atoms with E-state index in [-0.39, 0.29) is 11.1 Å². The molecule has 3 aromatic rings. The van der Waals surface area contributed by atoms with Gasteiger partial charge in [0, 0.05) is 20.1 Å². The first-order valence-electron chi connectivity index (χ1n) is 11.1. The van der Waals surface area contributed by atoms with Gasteiger partial charge in [0.1, 0.15) is 5.15 Å². The highest BCUT2D eigenvalue weighted by Gasteiger charge is 2.22. The average molecular weight is 503 g/mol. The summed E-state index contributed by atoms with van der Waals surface area (Å²) in [5.74, 6) is 0.579. The summed E-state index contributed by atoms with van der Waals surface area (Å²) in [5.41, 5.74) is 4.63. The van der Waals surface area contributed by atoms with Crippen molar-refractivity contribution in [2.45, 2.75) is 38.1 Å². The van der Waals surface area contributed by atoms with Gasteiger partial charge in [-0.05, 0) is 60.1 Å². The Morgan fingerprint density at radius 1 is 1.03 bits per heavy atom. The van der Waals surface area contributed by atoms with Crippen molar-refractivity contribution in [3.8, 4) is 0 Å². The van der Waals surface area contributed by atoms with Crippen LogP contribution in [0.1, 0.15) is 52.2 Å². The third kappa shape index (κ3) is 5.81. The first-order chi connectivity index (χ1) is 15.9. The lowest BCUT2D eigenvalue weighted by Gasteiger charge is -2.27. The van der Waals surface area contributed by atoms with Crippen molar-refractivity contribution in [3.63, 3.8) is 0 Å². The van der Waals surface area contributed by atoms with Crippen molar-refractivity contribution in [2.75, 3.05) is 18.9 Å². The highest BCUT2D eigenvalue weighted by molar-refractivity contribution is 6.42. The smallest absolute Gasteiger partial charge is 0.256 e. The molecule has 0 spiro atoms. The van der Waals surface area contributed by atoms with Crippen LogP contribution in [0.4, 0.5) is 5.69 Å². The number of aromatic nitrogens is 1. The molecule has 0 unspecified atom stereocenters. The average Bonchev–Trinajstić information content (AvgIpc) is 2.78. The lowest BCUT2D eigenvalue weighted by molar-refractivity contribution is 0.0746.